The molecule has 0 spiro atoms. The van der Waals surface area contributed by atoms with Crippen LogP contribution in [-0.2, 0) is 11.2 Å². The average Bonchev–Trinajstić information content (AvgIpc) is 2.52. The molecule has 112 valence electrons. The first-order valence-corrected chi connectivity index (χ1v) is 7.82. The number of ether oxygens (including phenoxy) is 2. The van der Waals surface area contributed by atoms with Crippen LogP contribution < -0.4 is 10.1 Å². The molecule has 1 fully saturated rings. The average molecular weight is 277 g/mol. The largest absolute Gasteiger partial charge is 0.496 e. The number of benzene rings is 1. The Morgan fingerprint density at radius 1 is 1.35 bits per heavy atom. The summed E-state index contributed by atoms with van der Waals surface area (Å²) in [7, 11) is 1.74. The van der Waals surface area contributed by atoms with Gasteiger partial charge in [0, 0.05) is 12.6 Å². The topological polar surface area (TPSA) is 30.5 Å². The number of rotatable bonds is 7. The monoisotopic (exact) mass is 277 g/mol. The van der Waals surface area contributed by atoms with E-state index >= 15 is 0 Å². The molecule has 1 saturated heterocycles. The van der Waals surface area contributed by atoms with Crippen LogP contribution in [0.2, 0.25) is 0 Å². The zero-order valence-electron chi connectivity index (χ0n) is 12.7. The first-order chi connectivity index (χ1) is 9.85. The summed E-state index contributed by atoms with van der Waals surface area (Å²) in [5, 5.41) is 3.66. The molecular formula is C17H27NO2. The summed E-state index contributed by atoms with van der Waals surface area (Å²) >= 11 is 0. The normalized spacial score (nSPS) is 20.6. The fourth-order valence-corrected chi connectivity index (χ4v) is 2.86. The third-order valence-electron chi connectivity index (χ3n) is 3.95. The van der Waals surface area contributed by atoms with Crippen LogP contribution in [0.1, 0.15) is 38.2 Å². The number of hydrogen-bond donors (Lipinski definition) is 1. The summed E-state index contributed by atoms with van der Waals surface area (Å²) in [5.74, 6) is 0.978. The Kier molecular flexibility index (Phi) is 6.34. The van der Waals surface area contributed by atoms with Gasteiger partial charge in [-0.3, -0.25) is 0 Å². The molecule has 20 heavy (non-hydrogen) atoms. The van der Waals surface area contributed by atoms with Crippen molar-refractivity contribution in [3.63, 3.8) is 0 Å². The SMILES string of the molecule is CCCNC(Cc1ccccc1OC)C1CCCCO1. The molecule has 3 nitrogen and oxygen atoms in total. The first kappa shape index (κ1) is 15.3. The van der Waals surface area contributed by atoms with Crippen LogP contribution in [0.15, 0.2) is 24.3 Å². The molecule has 1 heterocycles. The van der Waals surface area contributed by atoms with E-state index in [1.165, 1.54) is 18.4 Å². The molecule has 0 radical (unpaired) electrons. The van der Waals surface area contributed by atoms with Crippen LogP contribution in [0.3, 0.4) is 0 Å². The Morgan fingerprint density at radius 3 is 2.90 bits per heavy atom. The molecule has 0 aliphatic carbocycles. The predicted octanol–water partition coefficient (Wildman–Crippen LogP) is 3.18. The van der Waals surface area contributed by atoms with E-state index in [0.29, 0.717) is 12.1 Å². The summed E-state index contributed by atoms with van der Waals surface area (Å²) < 4.78 is 11.4. The van der Waals surface area contributed by atoms with Crippen molar-refractivity contribution in [3.8, 4) is 5.75 Å². The molecule has 2 rings (SSSR count). The number of methoxy groups -OCH3 is 1. The predicted molar refractivity (Wildman–Crippen MR) is 82.4 cm³/mol. The lowest BCUT2D eigenvalue weighted by Gasteiger charge is -2.31. The maximum atomic E-state index is 5.98. The van der Waals surface area contributed by atoms with Crippen LogP contribution in [-0.4, -0.2) is 32.4 Å². The second-order valence-corrected chi connectivity index (χ2v) is 5.48. The first-order valence-electron chi connectivity index (χ1n) is 7.82. The number of hydrogen-bond acceptors (Lipinski definition) is 3. The van der Waals surface area contributed by atoms with Crippen molar-refractivity contribution in [2.45, 2.75) is 51.2 Å². The van der Waals surface area contributed by atoms with Crippen molar-refractivity contribution >= 4 is 0 Å². The molecule has 0 bridgehead atoms. The fourth-order valence-electron chi connectivity index (χ4n) is 2.86. The van der Waals surface area contributed by atoms with Gasteiger partial charge in [0.25, 0.3) is 0 Å². The molecule has 1 N–H and O–H groups in total. The maximum Gasteiger partial charge on any atom is 0.122 e. The smallest absolute Gasteiger partial charge is 0.122 e. The van der Waals surface area contributed by atoms with Gasteiger partial charge in [-0.05, 0) is 50.3 Å². The van der Waals surface area contributed by atoms with E-state index in [-0.39, 0.29) is 0 Å². The van der Waals surface area contributed by atoms with Crippen molar-refractivity contribution in [2.24, 2.45) is 0 Å². The van der Waals surface area contributed by atoms with E-state index in [1.807, 2.05) is 12.1 Å². The van der Waals surface area contributed by atoms with Gasteiger partial charge < -0.3 is 14.8 Å². The molecule has 0 aromatic heterocycles. The summed E-state index contributed by atoms with van der Waals surface area (Å²) in [6, 6.07) is 8.67. The van der Waals surface area contributed by atoms with Crippen molar-refractivity contribution in [3.05, 3.63) is 29.8 Å². The van der Waals surface area contributed by atoms with E-state index < -0.39 is 0 Å². The van der Waals surface area contributed by atoms with E-state index in [4.69, 9.17) is 9.47 Å². The molecule has 2 atom stereocenters. The van der Waals surface area contributed by atoms with Gasteiger partial charge in [-0.1, -0.05) is 25.1 Å². The van der Waals surface area contributed by atoms with Crippen molar-refractivity contribution < 1.29 is 9.47 Å². The zero-order valence-corrected chi connectivity index (χ0v) is 12.7. The van der Waals surface area contributed by atoms with Crippen molar-refractivity contribution in [1.29, 1.82) is 0 Å². The van der Waals surface area contributed by atoms with Gasteiger partial charge in [-0.2, -0.15) is 0 Å². The van der Waals surface area contributed by atoms with Gasteiger partial charge in [0.2, 0.25) is 0 Å². The van der Waals surface area contributed by atoms with Gasteiger partial charge in [-0.15, -0.1) is 0 Å². The molecule has 0 amide bonds. The zero-order chi connectivity index (χ0) is 14.2. The van der Waals surface area contributed by atoms with E-state index in [0.717, 1.165) is 38.2 Å². The Labute approximate surface area is 122 Å². The number of nitrogens with one attached hydrogen (secondary N) is 1. The molecule has 1 aromatic rings. The van der Waals surface area contributed by atoms with E-state index in [2.05, 4.69) is 24.4 Å². The van der Waals surface area contributed by atoms with E-state index in [1.54, 1.807) is 7.11 Å². The third kappa shape index (κ3) is 4.22. The molecule has 3 heteroatoms. The quantitative estimate of drug-likeness (QED) is 0.830. The molecule has 2 unspecified atom stereocenters. The van der Waals surface area contributed by atoms with Crippen molar-refractivity contribution in [1.82, 2.24) is 5.32 Å². The standard InChI is InChI=1S/C17H27NO2/c1-3-11-18-15(17-10-6-7-12-20-17)13-14-8-4-5-9-16(14)19-2/h4-5,8-9,15,17-18H,3,6-7,10-13H2,1-2H3. The second-order valence-electron chi connectivity index (χ2n) is 5.48. The summed E-state index contributed by atoms with van der Waals surface area (Å²) in [5.41, 5.74) is 1.26. The van der Waals surface area contributed by atoms with Crippen LogP contribution in [0, 0.1) is 0 Å². The van der Waals surface area contributed by atoms with E-state index in [9.17, 15) is 0 Å². The lowest BCUT2D eigenvalue weighted by Crippen LogP contribution is -2.44. The summed E-state index contributed by atoms with van der Waals surface area (Å²) in [6.07, 6.45) is 6.09. The van der Waals surface area contributed by atoms with Gasteiger partial charge in [0.1, 0.15) is 5.75 Å². The van der Waals surface area contributed by atoms with Gasteiger partial charge in [0.05, 0.1) is 13.2 Å². The minimum atomic E-state index is 0.334. The Morgan fingerprint density at radius 2 is 2.20 bits per heavy atom. The van der Waals surface area contributed by atoms with Gasteiger partial charge in [-0.25, -0.2) is 0 Å². The lowest BCUT2D eigenvalue weighted by atomic mass is 9.95. The highest BCUT2D eigenvalue weighted by atomic mass is 16.5. The second kappa shape index (κ2) is 8.28. The highest BCUT2D eigenvalue weighted by molar-refractivity contribution is 5.34. The minimum Gasteiger partial charge on any atom is -0.496 e. The van der Waals surface area contributed by atoms with Crippen LogP contribution >= 0.6 is 0 Å². The van der Waals surface area contributed by atoms with Crippen LogP contribution in [0.25, 0.3) is 0 Å². The third-order valence-corrected chi connectivity index (χ3v) is 3.95. The maximum absolute atomic E-state index is 5.98. The van der Waals surface area contributed by atoms with Crippen LogP contribution in [0.4, 0.5) is 0 Å². The highest BCUT2D eigenvalue weighted by Gasteiger charge is 2.25. The molecule has 1 aliphatic heterocycles. The van der Waals surface area contributed by atoms with Gasteiger partial charge >= 0.3 is 0 Å². The molecule has 1 aromatic carbocycles. The number of para-hydroxylation sites is 1. The summed E-state index contributed by atoms with van der Waals surface area (Å²) in [6.45, 7) is 4.15. The highest BCUT2D eigenvalue weighted by Crippen LogP contribution is 2.23. The minimum absolute atomic E-state index is 0.334. The lowest BCUT2D eigenvalue weighted by molar-refractivity contribution is -0.00746. The fraction of sp³-hybridized carbons (Fsp3) is 0.647. The molecule has 1 aliphatic rings. The Hall–Kier alpha value is -1.06. The molecular weight excluding hydrogens is 250 g/mol. The Balaban J connectivity index is 2.05. The van der Waals surface area contributed by atoms with Crippen LogP contribution in [0.5, 0.6) is 5.75 Å². The Bertz CT molecular complexity index is 388. The summed E-state index contributed by atoms with van der Waals surface area (Å²) in [4.78, 5) is 0. The van der Waals surface area contributed by atoms with Gasteiger partial charge in [0.15, 0.2) is 0 Å². The molecule has 0 saturated carbocycles. The van der Waals surface area contributed by atoms with Crippen molar-refractivity contribution in [2.75, 3.05) is 20.3 Å².